The predicted molar refractivity (Wildman–Crippen MR) is 61.6 cm³/mol. The first kappa shape index (κ1) is 12.9. The molecular formula is C10H13ClN2O3. The summed E-state index contributed by atoms with van der Waals surface area (Å²) in [6.07, 6.45) is 0. The van der Waals surface area contributed by atoms with Crippen LogP contribution in [0, 0.1) is 10.1 Å². The molecule has 5 nitrogen and oxygen atoms in total. The Kier molecular flexibility index (Phi) is 3.85. The number of halogens is 1. The number of hydrogen-bond donors (Lipinski definition) is 2. The van der Waals surface area contributed by atoms with E-state index in [1.165, 1.54) is 12.1 Å². The van der Waals surface area contributed by atoms with Crippen LogP contribution >= 0.6 is 11.6 Å². The molecule has 88 valence electrons. The van der Waals surface area contributed by atoms with Crippen molar-refractivity contribution in [3.63, 3.8) is 0 Å². The first-order chi connectivity index (χ1) is 7.44. The van der Waals surface area contributed by atoms with Gasteiger partial charge in [0.2, 0.25) is 0 Å². The van der Waals surface area contributed by atoms with Gasteiger partial charge < -0.3 is 10.8 Å². The summed E-state index contributed by atoms with van der Waals surface area (Å²) in [4.78, 5) is 10.0. The van der Waals surface area contributed by atoms with E-state index >= 15 is 0 Å². The SMILES string of the molecule is CC(CN)(CO)c1ccc([N+](=O)[O-])c(Cl)c1. The third-order valence-electron chi connectivity index (χ3n) is 2.64. The number of nitrogens with two attached hydrogens (primary N) is 1. The zero-order chi connectivity index (χ0) is 12.3. The van der Waals surface area contributed by atoms with Crippen LogP contribution in [0.5, 0.6) is 0 Å². The normalized spacial score (nSPS) is 14.5. The minimum absolute atomic E-state index is 0.0515. The molecule has 0 saturated carbocycles. The van der Waals surface area contributed by atoms with Crippen LogP contribution in [0.2, 0.25) is 5.02 Å². The maximum atomic E-state index is 10.6. The van der Waals surface area contributed by atoms with Crippen molar-refractivity contribution in [2.45, 2.75) is 12.3 Å². The van der Waals surface area contributed by atoms with E-state index in [0.717, 1.165) is 0 Å². The van der Waals surface area contributed by atoms with Crippen molar-refractivity contribution in [1.29, 1.82) is 0 Å². The van der Waals surface area contributed by atoms with E-state index < -0.39 is 10.3 Å². The number of aliphatic hydroxyl groups excluding tert-OH is 1. The van der Waals surface area contributed by atoms with Gasteiger partial charge in [-0.15, -0.1) is 0 Å². The van der Waals surface area contributed by atoms with Gasteiger partial charge in [-0.05, 0) is 11.6 Å². The molecule has 6 heteroatoms. The molecule has 0 fully saturated rings. The summed E-state index contributed by atoms with van der Waals surface area (Å²) in [5.41, 5.74) is 5.47. The Morgan fingerprint density at radius 3 is 2.62 bits per heavy atom. The Labute approximate surface area is 98.0 Å². The number of benzene rings is 1. The van der Waals surface area contributed by atoms with Gasteiger partial charge in [0.15, 0.2) is 0 Å². The fraction of sp³-hybridized carbons (Fsp3) is 0.400. The Balaban J connectivity index is 3.19. The minimum Gasteiger partial charge on any atom is -0.395 e. The second-order valence-corrected chi connectivity index (χ2v) is 4.25. The molecule has 1 atom stereocenters. The molecule has 0 aliphatic rings. The van der Waals surface area contributed by atoms with Gasteiger partial charge in [-0.1, -0.05) is 24.6 Å². The quantitative estimate of drug-likeness (QED) is 0.620. The molecule has 0 saturated heterocycles. The van der Waals surface area contributed by atoms with E-state index in [-0.39, 0.29) is 23.9 Å². The molecule has 0 heterocycles. The number of nitro benzene ring substituents is 1. The Hall–Kier alpha value is -1.17. The number of hydrogen-bond acceptors (Lipinski definition) is 4. The first-order valence-corrected chi connectivity index (χ1v) is 5.08. The van der Waals surface area contributed by atoms with E-state index in [0.29, 0.717) is 5.56 Å². The highest BCUT2D eigenvalue weighted by molar-refractivity contribution is 6.32. The van der Waals surface area contributed by atoms with Gasteiger partial charge in [0.1, 0.15) is 5.02 Å². The van der Waals surface area contributed by atoms with Crippen molar-refractivity contribution in [2.75, 3.05) is 13.2 Å². The molecule has 1 unspecified atom stereocenters. The third kappa shape index (κ3) is 2.32. The van der Waals surface area contributed by atoms with E-state index in [4.69, 9.17) is 17.3 Å². The highest BCUT2D eigenvalue weighted by atomic mass is 35.5. The molecule has 3 N–H and O–H groups in total. The zero-order valence-electron chi connectivity index (χ0n) is 8.81. The largest absolute Gasteiger partial charge is 0.395 e. The summed E-state index contributed by atoms with van der Waals surface area (Å²) in [6, 6.07) is 4.36. The Morgan fingerprint density at radius 1 is 1.62 bits per heavy atom. The molecule has 0 amide bonds. The van der Waals surface area contributed by atoms with Gasteiger partial charge in [-0.25, -0.2) is 0 Å². The Morgan fingerprint density at radius 2 is 2.25 bits per heavy atom. The summed E-state index contributed by atoms with van der Waals surface area (Å²) in [5.74, 6) is 0. The van der Waals surface area contributed by atoms with Crippen molar-refractivity contribution >= 4 is 17.3 Å². The van der Waals surface area contributed by atoms with E-state index in [1.807, 2.05) is 0 Å². The second kappa shape index (κ2) is 4.78. The monoisotopic (exact) mass is 244 g/mol. The van der Waals surface area contributed by atoms with Gasteiger partial charge in [0.05, 0.1) is 11.5 Å². The zero-order valence-corrected chi connectivity index (χ0v) is 9.57. The molecule has 0 aliphatic heterocycles. The van der Waals surface area contributed by atoms with E-state index in [9.17, 15) is 15.2 Å². The van der Waals surface area contributed by atoms with Crippen LogP contribution in [-0.4, -0.2) is 23.2 Å². The fourth-order valence-electron chi connectivity index (χ4n) is 1.30. The fourth-order valence-corrected chi connectivity index (χ4v) is 1.55. The van der Waals surface area contributed by atoms with Crippen LogP contribution in [0.25, 0.3) is 0 Å². The van der Waals surface area contributed by atoms with Crippen molar-refractivity contribution in [3.05, 3.63) is 38.9 Å². The van der Waals surface area contributed by atoms with Crippen LogP contribution in [0.15, 0.2) is 18.2 Å². The maximum absolute atomic E-state index is 10.6. The van der Waals surface area contributed by atoms with Gasteiger partial charge in [0.25, 0.3) is 5.69 Å². The average Bonchev–Trinajstić information content (AvgIpc) is 2.27. The number of rotatable bonds is 4. The van der Waals surface area contributed by atoms with Gasteiger partial charge >= 0.3 is 0 Å². The molecule has 0 radical (unpaired) electrons. The lowest BCUT2D eigenvalue weighted by Crippen LogP contribution is -2.35. The minimum atomic E-state index is -0.626. The van der Waals surface area contributed by atoms with Crippen LogP contribution in [-0.2, 0) is 5.41 Å². The topological polar surface area (TPSA) is 89.4 Å². The lowest BCUT2D eigenvalue weighted by molar-refractivity contribution is -0.384. The van der Waals surface area contributed by atoms with E-state index in [1.54, 1.807) is 13.0 Å². The Bertz CT molecular complexity index is 405. The molecule has 1 rings (SSSR count). The number of aliphatic hydroxyl groups is 1. The molecule has 0 aromatic heterocycles. The summed E-state index contributed by atoms with van der Waals surface area (Å²) < 4.78 is 0. The predicted octanol–water partition coefficient (Wildman–Crippen LogP) is 1.46. The third-order valence-corrected chi connectivity index (χ3v) is 2.94. The molecule has 0 spiro atoms. The highest BCUT2D eigenvalue weighted by Crippen LogP contribution is 2.30. The summed E-state index contributed by atoms with van der Waals surface area (Å²) in [7, 11) is 0. The van der Waals surface area contributed by atoms with Crippen molar-refractivity contribution in [1.82, 2.24) is 0 Å². The highest BCUT2D eigenvalue weighted by Gasteiger charge is 2.26. The van der Waals surface area contributed by atoms with Crippen molar-refractivity contribution in [3.8, 4) is 0 Å². The molecule has 16 heavy (non-hydrogen) atoms. The lowest BCUT2D eigenvalue weighted by Gasteiger charge is -2.25. The van der Waals surface area contributed by atoms with Gasteiger partial charge in [-0.3, -0.25) is 10.1 Å². The van der Waals surface area contributed by atoms with Crippen LogP contribution in [0.3, 0.4) is 0 Å². The summed E-state index contributed by atoms with van der Waals surface area (Å²) in [5, 5.41) is 19.9. The molecular weight excluding hydrogens is 232 g/mol. The van der Waals surface area contributed by atoms with Crippen LogP contribution in [0.1, 0.15) is 12.5 Å². The number of nitrogens with zero attached hydrogens (tertiary/aromatic N) is 1. The van der Waals surface area contributed by atoms with E-state index in [2.05, 4.69) is 0 Å². The smallest absolute Gasteiger partial charge is 0.287 e. The summed E-state index contributed by atoms with van der Waals surface area (Å²) in [6.45, 7) is 1.86. The molecule has 0 bridgehead atoms. The summed E-state index contributed by atoms with van der Waals surface area (Å²) >= 11 is 5.78. The average molecular weight is 245 g/mol. The second-order valence-electron chi connectivity index (χ2n) is 3.85. The van der Waals surface area contributed by atoms with Gasteiger partial charge in [0, 0.05) is 18.0 Å². The van der Waals surface area contributed by atoms with Gasteiger partial charge in [-0.2, -0.15) is 0 Å². The van der Waals surface area contributed by atoms with Crippen LogP contribution in [0.4, 0.5) is 5.69 Å². The van der Waals surface area contributed by atoms with Crippen molar-refractivity contribution < 1.29 is 10.0 Å². The molecule has 1 aromatic rings. The number of nitro groups is 1. The molecule has 0 aliphatic carbocycles. The lowest BCUT2D eigenvalue weighted by atomic mass is 9.83. The first-order valence-electron chi connectivity index (χ1n) is 4.70. The maximum Gasteiger partial charge on any atom is 0.287 e. The van der Waals surface area contributed by atoms with Crippen LogP contribution < -0.4 is 5.73 Å². The molecule has 1 aromatic carbocycles. The standard InChI is InChI=1S/C10H13ClN2O3/c1-10(5-12,6-14)7-2-3-9(13(15)16)8(11)4-7/h2-4,14H,5-6,12H2,1H3. The van der Waals surface area contributed by atoms with Crippen molar-refractivity contribution in [2.24, 2.45) is 5.73 Å².